The molecule has 0 spiro atoms. The molecule has 0 unspecified atom stereocenters. The highest BCUT2D eigenvalue weighted by Gasteiger charge is 2.12. The molecule has 1 N–H and O–H groups in total. The molecule has 0 aliphatic carbocycles. The van der Waals surface area contributed by atoms with E-state index in [9.17, 15) is 4.79 Å². The van der Waals surface area contributed by atoms with Crippen LogP contribution in [0.25, 0.3) is 5.69 Å². The number of hydrogen-bond donors (Lipinski definition) is 1. The van der Waals surface area contributed by atoms with Gasteiger partial charge in [0.25, 0.3) is 5.56 Å². The maximum absolute atomic E-state index is 12.7. The molecule has 1 aromatic heterocycles. The van der Waals surface area contributed by atoms with Gasteiger partial charge in [-0.05, 0) is 55.1 Å². The molecule has 0 amide bonds. The zero-order chi connectivity index (χ0) is 19.6. The van der Waals surface area contributed by atoms with E-state index in [-0.39, 0.29) is 5.56 Å². The molecule has 0 radical (unpaired) electrons. The standard InChI is InChI=1S/C18H11BrCl2N4OS/c1-10-13(18(26)25(24-10)12-4-2-11(19)3-5-12)8-23-16-6-15(21)17(27-9-22)7-14(16)20/h2-8,24H,1H3. The first-order valence-corrected chi connectivity index (χ1v) is 9.94. The summed E-state index contributed by atoms with van der Waals surface area (Å²) in [6.07, 6.45) is 1.46. The lowest BCUT2D eigenvalue weighted by molar-refractivity contribution is 0.835. The van der Waals surface area contributed by atoms with Crippen molar-refractivity contribution in [2.75, 3.05) is 0 Å². The number of nitrogens with one attached hydrogen (secondary N) is 1. The maximum Gasteiger partial charge on any atom is 0.280 e. The van der Waals surface area contributed by atoms with Gasteiger partial charge in [-0.2, -0.15) is 5.26 Å². The Hall–Kier alpha value is -1.98. The Kier molecular flexibility index (Phi) is 6.12. The Morgan fingerprint density at radius 3 is 2.63 bits per heavy atom. The van der Waals surface area contributed by atoms with Crippen LogP contribution in [0.4, 0.5) is 5.69 Å². The van der Waals surface area contributed by atoms with Gasteiger partial charge < -0.3 is 0 Å². The molecule has 1 heterocycles. The Morgan fingerprint density at radius 1 is 1.26 bits per heavy atom. The molecule has 3 rings (SSSR count). The van der Waals surface area contributed by atoms with Gasteiger partial charge in [-0.25, -0.2) is 4.68 Å². The largest absolute Gasteiger partial charge is 0.295 e. The first kappa shape index (κ1) is 19.8. The third-order valence-corrected chi connectivity index (χ3v) is 5.60. The highest BCUT2D eigenvalue weighted by molar-refractivity contribution is 9.10. The average molecular weight is 482 g/mol. The minimum atomic E-state index is -0.225. The monoisotopic (exact) mass is 480 g/mol. The topological polar surface area (TPSA) is 73.9 Å². The molecule has 27 heavy (non-hydrogen) atoms. The van der Waals surface area contributed by atoms with Crippen molar-refractivity contribution in [3.8, 4) is 11.1 Å². The normalized spacial score (nSPS) is 11.1. The van der Waals surface area contributed by atoms with E-state index in [1.165, 1.54) is 10.9 Å². The number of aromatic amines is 1. The SMILES string of the molecule is Cc1[nH]n(-c2ccc(Br)cc2)c(=O)c1C=Nc1cc(Cl)c(SC#N)cc1Cl. The summed E-state index contributed by atoms with van der Waals surface area (Å²) in [6, 6.07) is 10.5. The van der Waals surface area contributed by atoms with E-state index in [1.807, 2.05) is 29.7 Å². The Labute approximate surface area is 177 Å². The Bertz CT molecular complexity index is 1130. The molecular formula is C18H11BrCl2N4OS. The predicted octanol–water partition coefficient (Wildman–Crippen LogP) is 5.87. The van der Waals surface area contributed by atoms with Crippen LogP contribution in [-0.2, 0) is 0 Å². The van der Waals surface area contributed by atoms with Crippen molar-refractivity contribution < 1.29 is 0 Å². The van der Waals surface area contributed by atoms with Crippen molar-refractivity contribution in [1.82, 2.24) is 9.78 Å². The van der Waals surface area contributed by atoms with E-state index >= 15 is 0 Å². The first-order valence-electron chi connectivity index (χ1n) is 7.57. The molecule has 0 aliphatic rings. The molecule has 0 atom stereocenters. The van der Waals surface area contributed by atoms with Crippen molar-refractivity contribution >= 4 is 62.8 Å². The van der Waals surface area contributed by atoms with Gasteiger partial charge in [0.05, 0.1) is 27.0 Å². The zero-order valence-electron chi connectivity index (χ0n) is 13.8. The van der Waals surface area contributed by atoms with Crippen LogP contribution in [0.3, 0.4) is 0 Å². The molecule has 0 bridgehead atoms. The van der Waals surface area contributed by atoms with Crippen molar-refractivity contribution in [2.45, 2.75) is 11.8 Å². The van der Waals surface area contributed by atoms with Crippen molar-refractivity contribution in [1.29, 1.82) is 5.26 Å². The van der Waals surface area contributed by atoms with Crippen LogP contribution in [0.5, 0.6) is 0 Å². The molecule has 136 valence electrons. The summed E-state index contributed by atoms with van der Waals surface area (Å²) in [4.78, 5) is 17.6. The van der Waals surface area contributed by atoms with Crippen molar-refractivity contribution in [3.63, 3.8) is 0 Å². The van der Waals surface area contributed by atoms with Crippen LogP contribution in [0.2, 0.25) is 10.0 Å². The molecule has 3 aromatic rings. The summed E-state index contributed by atoms with van der Waals surface area (Å²) in [7, 11) is 0. The van der Waals surface area contributed by atoms with Crippen LogP contribution in [0.1, 0.15) is 11.3 Å². The molecule has 2 aromatic carbocycles. The minimum absolute atomic E-state index is 0.225. The van der Waals surface area contributed by atoms with E-state index in [1.54, 1.807) is 19.1 Å². The first-order chi connectivity index (χ1) is 12.9. The number of H-pyrrole nitrogens is 1. The highest BCUT2D eigenvalue weighted by atomic mass is 79.9. The maximum atomic E-state index is 12.7. The number of nitrogens with zero attached hydrogens (tertiary/aromatic N) is 3. The molecule has 5 nitrogen and oxygen atoms in total. The van der Waals surface area contributed by atoms with Crippen LogP contribution >= 0.6 is 50.9 Å². The number of thioether (sulfide) groups is 1. The fourth-order valence-electron chi connectivity index (χ4n) is 2.36. The van der Waals surface area contributed by atoms with Gasteiger partial charge in [0.2, 0.25) is 0 Å². The van der Waals surface area contributed by atoms with E-state index in [2.05, 4.69) is 26.0 Å². The summed E-state index contributed by atoms with van der Waals surface area (Å²) in [5.41, 5.74) is 1.99. The second-order valence-corrected chi connectivity index (χ2v) is 8.01. The highest BCUT2D eigenvalue weighted by Crippen LogP contribution is 2.36. The Balaban J connectivity index is 1.97. The number of benzene rings is 2. The van der Waals surface area contributed by atoms with Gasteiger partial charge in [0, 0.05) is 21.3 Å². The van der Waals surface area contributed by atoms with Gasteiger partial charge in [-0.3, -0.25) is 14.9 Å². The Morgan fingerprint density at radius 2 is 1.96 bits per heavy atom. The summed E-state index contributed by atoms with van der Waals surface area (Å²) >= 11 is 16.6. The molecule has 9 heteroatoms. The summed E-state index contributed by atoms with van der Waals surface area (Å²) in [6.45, 7) is 1.79. The number of aromatic nitrogens is 2. The molecule has 0 fully saturated rings. The number of aliphatic imine (C=N–C) groups is 1. The van der Waals surface area contributed by atoms with E-state index < -0.39 is 0 Å². The van der Waals surface area contributed by atoms with Gasteiger partial charge in [-0.15, -0.1) is 0 Å². The summed E-state index contributed by atoms with van der Waals surface area (Å²) in [5.74, 6) is 0. The van der Waals surface area contributed by atoms with Gasteiger partial charge in [0.1, 0.15) is 5.40 Å². The quantitative estimate of drug-likeness (QED) is 0.287. The molecule has 0 aliphatic heterocycles. The van der Waals surface area contributed by atoms with Gasteiger partial charge in [-0.1, -0.05) is 39.1 Å². The third-order valence-electron chi connectivity index (χ3n) is 3.69. The zero-order valence-corrected chi connectivity index (χ0v) is 17.7. The summed E-state index contributed by atoms with van der Waals surface area (Å²) in [5, 5.41) is 14.5. The van der Waals surface area contributed by atoms with E-state index in [4.69, 9.17) is 28.5 Å². The lowest BCUT2D eigenvalue weighted by Crippen LogP contribution is -2.17. The molecule has 0 saturated heterocycles. The predicted molar refractivity (Wildman–Crippen MR) is 114 cm³/mol. The van der Waals surface area contributed by atoms with Crippen molar-refractivity contribution in [3.05, 3.63) is 72.5 Å². The number of hydrogen-bond acceptors (Lipinski definition) is 4. The van der Waals surface area contributed by atoms with E-state index in [0.29, 0.717) is 37.6 Å². The lowest BCUT2D eigenvalue weighted by atomic mass is 10.2. The smallest absolute Gasteiger partial charge is 0.280 e. The van der Waals surface area contributed by atoms with Crippen LogP contribution in [-0.4, -0.2) is 16.0 Å². The third kappa shape index (κ3) is 4.30. The van der Waals surface area contributed by atoms with Crippen LogP contribution < -0.4 is 5.56 Å². The minimum Gasteiger partial charge on any atom is -0.295 e. The fourth-order valence-corrected chi connectivity index (χ4v) is 3.61. The van der Waals surface area contributed by atoms with Crippen LogP contribution in [0.15, 0.2) is 55.6 Å². The lowest BCUT2D eigenvalue weighted by Gasteiger charge is -2.03. The van der Waals surface area contributed by atoms with Gasteiger partial charge >= 0.3 is 0 Å². The number of rotatable bonds is 4. The van der Waals surface area contributed by atoms with E-state index in [0.717, 1.165) is 16.2 Å². The van der Waals surface area contributed by atoms with Crippen LogP contribution in [0, 0.1) is 17.6 Å². The van der Waals surface area contributed by atoms with Gasteiger partial charge in [0.15, 0.2) is 0 Å². The average Bonchev–Trinajstić information content (AvgIpc) is 2.92. The number of thiocyanates is 1. The summed E-state index contributed by atoms with van der Waals surface area (Å²) < 4.78 is 2.37. The number of nitriles is 1. The van der Waals surface area contributed by atoms with Crippen molar-refractivity contribution in [2.24, 2.45) is 4.99 Å². The second kappa shape index (κ2) is 8.36. The number of aryl methyl sites for hydroxylation is 1. The second-order valence-electron chi connectivity index (χ2n) is 5.45. The molecule has 0 saturated carbocycles. The molecular weight excluding hydrogens is 471 g/mol. The fraction of sp³-hybridized carbons (Fsp3) is 0.0556. The number of halogens is 3.